The van der Waals surface area contributed by atoms with Gasteiger partial charge in [-0.3, -0.25) is 4.79 Å². The predicted octanol–water partition coefficient (Wildman–Crippen LogP) is 1.26. The highest BCUT2D eigenvalue weighted by atomic mass is 35.5. The van der Waals surface area contributed by atoms with E-state index >= 15 is 0 Å². The number of hydrogen-bond donors (Lipinski definition) is 3. The third-order valence-electron chi connectivity index (χ3n) is 3.66. The fourth-order valence-corrected chi connectivity index (χ4v) is 3.10. The maximum Gasteiger partial charge on any atom is 0.416 e. The number of alkyl halides is 3. The van der Waals surface area contributed by atoms with Crippen LogP contribution in [0.15, 0.2) is 29.2 Å². The second-order valence-electron chi connectivity index (χ2n) is 5.66. The number of halogens is 4. The highest BCUT2D eigenvalue weighted by molar-refractivity contribution is 7.89. The topological polar surface area (TPSA) is 101 Å². The molecule has 0 heterocycles. The highest BCUT2D eigenvalue weighted by Gasteiger charge is 2.32. The standard InChI is InChI=1S/C14H18F3N3O3S.ClH/c15-14(16,17)10-2-1-3-11(6-10)24(22,23)20-8-13(21)19-7-12(18)9-4-5-9;/h1-3,6,9,12,20H,4-5,7-8,18H2,(H,19,21);1H. The molecule has 0 aromatic heterocycles. The Balaban J connectivity index is 0.00000312. The van der Waals surface area contributed by atoms with E-state index in [-0.39, 0.29) is 25.0 Å². The molecule has 0 aliphatic heterocycles. The summed E-state index contributed by atoms with van der Waals surface area (Å²) < 4.78 is 63.8. The quantitative estimate of drug-likeness (QED) is 0.640. The normalized spacial score (nSPS) is 16.0. The second kappa shape index (κ2) is 8.35. The zero-order valence-electron chi connectivity index (χ0n) is 13.0. The van der Waals surface area contributed by atoms with Crippen molar-refractivity contribution in [1.82, 2.24) is 10.0 Å². The zero-order chi connectivity index (χ0) is 18.0. The van der Waals surface area contributed by atoms with Crippen molar-refractivity contribution >= 4 is 28.3 Å². The zero-order valence-corrected chi connectivity index (χ0v) is 14.7. The summed E-state index contributed by atoms with van der Waals surface area (Å²) in [6.07, 6.45) is -2.62. The Morgan fingerprint density at radius 3 is 2.52 bits per heavy atom. The van der Waals surface area contributed by atoms with E-state index in [9.17, 15) is 26.4 Å². The van der Waals surface area contributed by atoms with Gasteiger partial charge in [-0.25, -0.2) is 13.1 Å². The first-order valence-corrected chi connectivity index (χ1v) is 8.77. The molecule has 0 saturated heterocycles. The molecule has 1 aliphatic carbocycles. The molecule has 1 unspecified atom stereocenters. The molecular weight excluding hydrogens is 383 g/mol. The van der Waals surface area contributed by atoms with Crippen LogP contribution in [0.3, 0.4) is 0 Å². The third kappa shape index (κ3) is 6.46. The number of rotatable bonds is 7. The van der Waals surface area contributed by atoms with Gasteiger partial charge < -0.3 is 11.1 Å². The Bertz CT molecular complexity index is 709. The third-order valence-corrected chi connectivity index (χ3v) is 5.06. The number of carbonyl (C=O) groups is 1. The summed E-state index contributed by atoms with van der Waals surface area (Å²) in [5, 5.41) is 2.49. The second-order valence-corrected chi connectivity index (χ2v) is 7.42. The summed E-state index contributed by atoms with van der Waals surface area (Å²) in [7, 11) is -4.22. The summed E-state index contributed by atoms with van der Waals surface area (Å²) in [6.45, 7) is -0.343. The molecule has 1 aromatic rings. The molecule has 1 aromatic carbocycles. The molecule has 11 heteroatoms. The molecule has 2 rings (SSSR count). The van der Waals surface area contributed by atoms with E-state index in [1.807, 2.05) is 4.72 Å². The lowest BCUT2D eigenvalue weighted by Gasteiger charge is -2.13. The summed E-state index contributed by atoms with van der Waals surface area (Å²) in [6, 6.07) is 3.13. The lowest BCUT2D eigenvalue weighted by molar-refractivity contribution is -0.137. The average molecular weight is 402 g/mol. The highest BCUT2D eigenvalue weighted by Crippen LogP contribution is 2.31. The molecule has 25 heavy (non-hydrogen) atoms. The van der Waals surface area contributed by atoms with E-state index in [1.54, 1.807) is 0 Å². The average Bonchev–Trinajstić information content (AvgIpc) is 3.35. The summed E-state index contributed by atoms with van der Waals surface area (Å²) in [5.41, 5.74) is 4.72. The summed E-state index contributed by atoms with van der Waals surface area (Å²) in [5.74, 6) is -0.214. The van der Waals surface area contributed by atoms with Gasteiger partial charge in [-0.05, 0) is 37.0 Å². The van der Waals surface area contributed by atoms with Crippen LogP contribution in [0.5, 0.6) is 0 Å². The van der Waals surface area contributed by atoms with Gasteiger partial charge in [0.05, 0.1) is 17.0 Å². The van der Waals surface area contributed by atoms with E-state index < -0.39 is 39.1 Å². The van der Waals surface area contributed by atoms with Crippen molar-refractivity contribution in [3.8, 4) is 0 Å². The Hall–Kier alpha value is -1.36. The van der Waals surface area contributed by atoms with Crippen LogP contribution in [0.2, 0.25) is 0 Å². The molecule has 1 aliphatic rings. The fourth-order valence-electron chi connectivity index (χ4n) is 2.07. The largest absolute Gasteiger partial charge is 0.416 e. The van der Waals surface area contributed by atoms with Gasteiger partial charge in [-0.15, -0.1) is 12.4 Å². The monoisotopic (exact) mass is 401 g/mol. The van der Waals surface area contributed by atoms with Crippen LogP contribution < -0.4 is 15.8 Å². The Kier molecular flexibility index (Phi) is 7.24. The van der Waals surface area contributed by atoms with Crippen molar-refractivity contribution < 1.29 is 26.4 Å². The van der Waals surface area contributed by atoms with E-state index in [0.29, 0.717) is 12.0 Å². The van der Waals surface area contributed by atoms with E-state index in [0.717, 1.165) is 31.0 Å². The van der Waals surface area contributed by atoms with Gasteiger partial charge in [0.15, 0.2) is 0 Å². The van der Waals surface area contributed by atoms with Crippen LogP contribution >= 0.6 is 12.4 Å². The molecule has 1 atom stereocenters. The van der Waals surface area contributed by atoms with Crippen LogP contribution in [-0.2, 0) is 21.0 Å². The molecule has 6 nitrogen and oxygen atoms in total. The molecule has 0 bridgehead atoms. The summed E-state index contributed by atoms with van der Waals surface area (Å²) >= 11 is 0. The molecular formula is C14H19ClF3N3O3S. The molecule has 0 spiro atoms. The van der Waals surface area contributed by atoms with Gasteiger partial charge in [0.25, 0.3) is 0 Å². The van der Waals surface area contributed by atoms with E-state index in [2.05, 4.69) is 5.32 Å². The van der Waals surface area contributed by atoms with Crippen molar-refractivity contribution in [2.45, 2.75) is 30.0 Å². The van der Waals surface area contributed by atoms with Gasteiger partial charge in [0.1, 0.15) is 0 Å². The number of sulfonamides is 1. The first-order chi connectivity index (χ1) is 11.1. The number of nitrogens with one attached hydrogen (secondary N) is 2. The van der Waals surface area contributed by atoms with Crippen molar-refractivity contribution in [3.63, 3.8) is 0 Å². The lowest BCUT2D eigenvalue weighted by atomic mass is 10.2. The van der Waals surface area contributed by atoms with Crippen molar-refractivity contribution in [1.29, 1.82) is 0 Å². The number of benzene rings is 1. The lowest BCUT2D eigenvalue weighted by Crippen LogP contribution is -2.43. The minimum atomic E-state index is -4.65. The van der Waals surface area contributed by atoms with Crippen molar-refractivity contribution in [2.24, 2.45) is 11.7 Å². The molecule has 0 radical (unpaired) electrons. The van der Waals surface area contributed by atoms with Gasteiger partial charge in [0.2, 0.25) is 15.9 Å². The van der Waals surface area contributed by atoms with Crippen LogP contribution in [0.4, 0.5) is 13.2 Å². The van der Waals surface area contributed by atoms with Gasteiger partial charge in [0, 0.05) is 12.6 Å². The van der Waals surface area contributed by atoms with Crippen molar-refractivity contribution in [2.75, 3.05) is 13.1 Å². The Morgan fingerprint density at radius 2 is 1.96 bits per heavy atom. The molecule has 142 valence electrons. The van der Waals surface area contributed by atoms with Crippen LogP contribution in [-0.4, -0.2) is 33.5 Å². The molecule has 1 amide bonds. The smallest absolute Gasteiger partial charge is 0.353 e. The maximum atomic E-state index is 12.6. The van der Waals surface area contributed by atoms with Crippen LogP contribution in [0.1, 0.15) is 18.4 Å². The first-order valence-electron chi connectivity index (χ1n) is 7.29. The first kappa shape index (κ1) is 21.7. The molecule has 1 saturated carbocycles. The minimum Gasteiger partial charge on any atom is -0.353 e. The van der Waals surface area contributed by atoms with Crippen LogP contribution in [0, 0.1) is 5.92 Å². The Labute approximate surface area is 149 Å². The number of nitrogens with two attached hydrogens (primary N) is 1. The number of hydrogen-bond acceptors (Lipinski definition) is 4. The summed E-state index contributed by atoms with van der Waals surface area (Å²) in [4.78, 5) is 11.1. The number of carbonyl (C=O) groups excluding carboxylic acids is 1. The van der Waals surface area contributed by atoms with Gasteiger partial charge >= 0.3 is 6.18 Å². The van der Waals surface area contributed by atoms with Crippen LogP contribution in [0.25, 0.3) is 0 Å². The predicted molar refractivity (Wildman–Crippen MR) is 87.6 cm³/mol. The van der Waals surface area contributed by atoms with E-state index in [1.165, 1.54) is 0 Å². The SMILES string of the molecule is Cl.NC(CNC(=O)CNS(=O)(=O)c1cccc(C(F)(F)F)c1)C1CC1. The molecule has 1 fully saturated rings. The van der Waals surface area contributed by atoms with Gasteiger partial charge in [-0.2, -0.15) is 13.2 Å². The Morgan fingerprint density at radius 1 is 1.32 bits per heavy atom. The maximum absolute atomic E-state index is 12.6. The fraction of sp³-hybridized carbons (Fsp3) is 0.500. The van der Waals surface area contributed by atoms with Gasteiger partial charge in [-0.1, -0.05) is 6.07 Å². The van der Waals surface area contributed by atoms with E-state index in [4.69, 9.17) is 5.73 Å². The number of amides is 1. The minimum absolute atomic E-state index is 0. The van der Waals surface area contributed by atoms with Crippen molar-refractivity contribution in [3.05, 3.63) is 29.8 Å². The molecule has 4 N–H and O–H groups in total.